The number of aryl methyl sites for hydroxylation is 1. The van der Waals surface area contributed by atoms with E-state index in [0.717, 1.165) is 21.5 Å². The van der Waals surface area contributed by atoms with Gasteiger partial charge in [0.15, 0.2) is 11.5 Å². The second-order valence-corrected chi connectivity index (χ2v) is 5.72. The molecule has 0 fully saturated rings. The summed E-state index contributed by atoms with van der Waals surface area (Å²) in [5.74, 6) is 2.11. The van der Waals surface area contributed by atoms with E-state index in [2.05, 4.69) is 46.4 Å². The largest absolute Gasteiger partial charge is 0.493 e. The van der Waals surface area contributed by atoms with Crippen LogP contribution in [0.3, 0.4) is 0 Å². The van der Waals surface area contributed by atoms with Crippen LogP contribution in [0.15, 0.2) is 34.8 Å². The van der Waals surface area contributed by atoms with Gasteiger partial charge in [-0.25, -0.2) is 0 Å². The van der Waals surface area contributed by atoms with Gasteiger partial charge in [0.2, 0.25) is 12.5 Å². The smallest absolute Gasteiger partial charge is 0.231 e. The SMILES string of the molecule is COc1cc(CNc2ccc(C)cc2Br)cc2c1OCO2. The minimum absolute atomic E-state index is 0.242. The molecule has 0 atom stereocenters. The van der Waals surface area contributed by atoms with Crippen molar-refractivity contribution in [1.29, 1.82) is 0 Å². The van der Waals surface area contributed by atoms with Gasteiger partial charge in [0.05, 0.1) is 7.11 Å². The number of halogens is 1. The highest BCUT2D eigenvalue weighted by atomic mass is 79.9. The summed E-state index contributed by atoms with van der Waals surface area (Å²) >= 11 is 3.57. The molecule has 3 rings (SSSR count). The lowest BCUT2D eigenvalue weighted by Crippen LogP contribution is -2.01. The van der Waals surface area contributed by atoms with Gasteiger partial charge >= 0.3 is 0 Å². The van der Waals surface area contributed by atoms with Crippen LogP contribution in [0.4, 0.5) is 5.69 Å². The van der Waals surface area contributed by atoms with Gasteiger partial charge in [-0.05, 0) is 58.2 Å². The normalized spacial score (nSPS) is 12.3. The molecule has 1 aliphatic rings. The maximum Gasteiger partial charge on any atom is 0.231 e. The Bertz CT molecular complexity index is 673. The second kappa shape index (κ2) is 5.85. The highest BCUT2D eigenvalue weighted by molar-refractivity contribution is 9.10. The summed E-state index contributed by atoms with van der Waals surface area (Å²) in [7, 11) is 1.63. The molecule has 2 aromatic carbocycles. The standard InChI is InChI=1S/C16H16BrNO3/c1-10-3-4-13(12(17)5-10)18-8-11-6-14(19-2)16-15(7-11)20-9-21-16/h3-7,18H,8-9H2,1-2H3. The molecule has 0 unspecified atom stereocenters. The van der Waals surface area contributed by atoms with Crippen LogP contribution in [0.1, 0.15) is 11.1 Å². The maximum atomic E-state index is 5.43. The first-order valence-corrected chi connectivity index (χ1v) is 7.43. The van der Waals surface area contributed by atoms with E-state index in [0.29, 0.717) is 18.0 Å². The van der Waals surface area contributed by atoms with Crippen molar-refractivity contribution in [1.82, 2.24) is 0 Å². The van der Waals surface area contributed by atoms with Crippen LogP contribution >= 0.6 is 15.9 Å². The Balaban J connectivity index is 1.79. The molecule has 2 aromatic rings. The number of benzene rings is 2. The molecule has 0 radical (unpaired) electrons. The van der Waals surface area contributed by atoms with Crippen LogP contribution in [-0.4, -0.2) is 13.9 Å². The third-order valence-corrected chi connectivity index (χ3v) is 3.98. The zero-order valence-corrected chi connectivity index (χ0v) is 13.5. The molecular weight excluding hydrogens is 334 g/mol. The van der Waals surface area contributed by atoms with Crippen molar-refractivity contribution in [2.75, 3.05) is 19.2 Å². The average molecular weight is 350 g/mol. The molecular formula is C16H16BrNO3. The second-order valence-electron chi connectivity index (χ2n) is 4.87. The molecule has 0 bridgehead atoms. The summed E-state index contributed by atoms with van der Waals surface area (Å²) in [5.41, 5.74) is 3.35. The number of anilines is 1. The van der Waals surface area contributed by atoms with Crippen molar-refractivity contribution in [2.45, 2.75) is 13.5 Å². The molecule has 0 aromatic heterocycles. The fourth-order valence-electron chi connectivity index (χ4n) is 2.25. The highest BCUT2D eigenvalue weighted by Crippen LogP contribution is 2.42. The number of hydrogen-bond acceptors (Lipinski definition) is 4. The number of ether oxygens (including phenoxy) is 3. The number of fused-ring (bicyclic) bond motifs is 1. The lowest BCUT2D eigenvalue weighted by atomic mass is 10.1. The van der Waals surface area contributed by atoms with Crippen LogP contribution < -0.4 is 19.5 Å². The van der Waals surface area contributed by atoms with Gasteiger partial charge in [-0.3, -0.25) is 0 Å². The fraction of sp³-hybridized carbons (Fsp3) is 0.250. The maximum absolute atomic E-state index is 5.43. The summed E-state index contributed by atoms with van der Waals surface area (Å²) in [4.78, 5) is 0. The van der Waals surface area contributed by atoms with E-state index in [1.54, 1.807) is 7.11 Å². The van der Waals surface area contributed by atoms with Gasteiger partial charge in [0.25, 0.3) is 0 Å². The minimum Gasteiger partial charge on any atom is -0.493 e. The molecule has 0 spiro atoms. The first-order valence-electron chi connectivity index (χ1n) is 6.64. The molecule has 0 saturated carbocycles. The number of hydrogen-bond donors (Lipinski definition) is 1. The molecule has 1 aliphatic heterocycles. The third kappa shape index (κ3) is 2.93. The van der Waals surface area contributed by atoms with Crippen LogP contribution in [-0.2, 0) is 6.54 Å². The van der Waals surface area contributed by atoms with Crippen LogP contribution in [0.5, 0.6) is 17.2 Å². The molecule has 4 nitrogen and oxygen atoms in total. The predicted molar refractivity (Wildman–Crippen MR) is 85.3 cm³/mol. The van der Waals surface area contributed by atoms with Gasteiger partial charge in [-0.1, -0.05) is 6.07 Å². The molecule has 1 N–H and O–H groups in total. The first-order chi connectivity index (χ1) is 10.2. The lowest BCUT2D eigenvalue weighted by Gasteiger charge is -2.11. The van der Waals surface area contributed by atoms with Gasteiger partial charge in [0.1, 0.15) is 0 Å². The van der Waals surface area contributed by atoms with E-state index in [9.17, 15) is 0 Å². The Morgan fingerprint density at radius 1 is 1.24 bits per heavy atom. The van der Waals surface area contributed by atoms with Crippen molar-refractivity contribution >= 4 is 21.6 Å². The molecule has 0 saturated heterocycles. The summed E-state index contributed by atoms with van der Waals surface area (Å²) < 4.78 is 17.2. The minimum atomic E-state index is 0.242. The average Bonchev–Trinajstić information content (AvgIpc) is 2.93. The molecule has 0 aliphatic carbocycles. The zero-order chi connectivity index (χ0) is 14.8. The van der Waals surface area contributed by atoms with Crippen molar-refractivity contribution < 1.29 is 14.2 Å². The zero-order valence-electron chi connectivity index (χ0n) is 11.9. The number of rotatable bonds is 4. The van der Waals surface area contributed by atoms with E-state index in [4.69, 9.17) is 14.2 Å². The monoisotopic (exact) mass is 349 g/mol. The Labute approximate surface area is 132 Å². The van der Waals surface area contributed by atoms with E-state index < -0.39 is 0 Å². The van der Waals surface area contributed by atoms with E-state index in [-0.39, 0.29) is 6.79 Å². The highest BCUT2D eigenvalue weighted by Gasteiger charge is 2.19. The quantitative estimate of drug-likeness (QED) is 0.901. The molecule has 21 heavy (non-hydrogen) atoms. The van der Waals surface area contributed by atoms with Gasteiger partial charge < -0.3 is 19.5 Å². The van der Waals surface area contributed by atoms with Crippen LogP contribution in [0.2, 0.25) is 0 Å². The van der Waals surface area contributed by atoms with Crippen molar-refractivity contribution in [3.63, 3.8) is 0 Å². The van der Waals surface area contributed by atoms with Gasteiger partial charge in [-0.15, -0.1) is 0 Å². The van der Waals surface area contributed by atoms with Crippen LogP contribution in [0.25, 0.3) is 0 Å². The predicted octanol–water partition coefficient (Wildman–Crippen LogP) is 4.11. The number of methoxy groups -OCH3 is 1. The molecule has 5 heteroatoms. The molecule has 110 valence electrons. The van der Waals surface area contributed by atoms with E-state index in [1.807, 2.05) is 12.1 Å². The van der Waals surface area contributed by atoms with Crippen molar-refractivity contribution in [3.05, 3.63) is 45.9 Å². The summed E-state index contributed by atoms with van der Waals surface area (Å²) in [6.45, 7) is 2.98. The first kappa shape index (κ1) is 14.1. The Hall–Kier alpha value is -1.88. The Morgan fingerprint density at radius 3 is 2.86 bits per heavy atom. The molecule has 0 amide bonds. The Kier molecular flexibility index (Phi) is 3.92. The Morgan fingerprint density at radius 2 is 2.10 bits per heavy atom. The van der Waals surface area contributed by atoms with Crippen molar-refractivity contribution in [2.24, 2.45) is 0 Å². The topological polar surface area (TPSA) is 39.7 Å². The number of nitrogens with one attached hydrogen (secondary N) is 1. The van der Waals surface area contributed by atoms with E-state index in [1.165, 1.54) is 5.56 Å². The van der Waals surface area contributed by atoms with Crippen molar-refractivity contribution in [3.8, 4) is 17.2 Å². The van der Waals surface area contributed by atoms with Gasteiger partial charge in [-0.2, -0.15) is 0 Å². The molecule has 1 heterocycles. The lowest BCUT2D eigenvalue weighted by molar-refractivity contribution is 0.171. The summed E-state index contributed by atoms with van der Waals surface area (Å²) in [5, 5.41) is 3.40. The fourth-order valence-corrected chi connectivity index (χ4v) is 2.88. The van der Waals surface area contributed by atoms with Crippen LogP contribution in [0, 0.1) is 6.92 Å². The third-order valence-electron chi connectivity index (χ3n) is 3.33. The van der Waals surface area contributed by atoms with Gasteiger partial charge in [0, 0.05) is 16.7 Å². The van der Waals surface area contributed by atoms with E-state index >= 15 is 0 Å². The summed E-state index contributed by atoms with van der Waals surface area (Å²) in [6, 6.07) is 10.2. The summed E-state index contributed by atoms with van der Waals surface area (Å²) in [6.07, 6.45) is 0.